The topological polar surface area (TPSA) is 37.0 Å². The molecule has 0 amide bonds. The van der Waals surface area contributed by atoms with E-state index in [1.165, 1.54) is 24.8 Å². The quantitative estimate of drug-likeness (QED) is 0.775. The number of aryl methyl sites for hydroxylation is 1. The highest BCUT2D eigenvalue weighted by molar-refractivity contribution is 5.38. The molecule has 1 atom stereocenters. The molecule has 0 bridgehead atoms. The Morgan fingerprint density at radius 2 is 2.40 bits per heavy atom. The van der Waals surface area contributed by atoms with Crippen LogP contribution in [0.15, 0.2) is 18.3 Å². The van der Waals surface area contributed by atoms with Gasteiger partial charge in [-0.1, -0.05) is 6.42 Å². The van der Waals surface area contributed by atoms with Gasteiger partial charge in [0.2, 0.25) is 0 Å². The molecule has 0 saturated carbocycles. The highest BCUT2D eigenvalue weighted by Crippen LogP contribution is 2.11. The second-order valence-corrected chi connectivity index (χ2v) is 4.26. The molecule has 3 heteroatoms. The second-order valence-electron chi connectivity index (χ2n) is 4.26. The minimum atomic E-state index is 0.529. The first kappa shape index (κ1) is 10.4. The molecule has 82 valence electrons. The van der Waals surface area contributed by atoms with E-state index < -0.39 is 0 Å². The molecule has 0 spiro atoms. The van der Waals surface area contributed by atoms with Crippen molar-refractivity contribution in [3.8, 4) is 0 Å². The summed E-state index contributed by atoms with van der Waals surface area (Å²) in [6.07, 6.45) is 5.69. The molecule has 1 saturated heterocycles. The van der Waals surface area contributed by atoms with Crippen molar-refractivity contribution in [2.24, 2.45) is 0 Å². The van der Waals surface area contributed by atoms with Gasteiger partial charge in [0, 0.05) is 18.8 Å². The first-order valence-electron chi connectivity index (χ1n) is 5.74. The Kier molecular flexibility index (Phi) is 3.56. The fourth-order valence-corrected chi connectivity index (χ4v) is 1.97. The molecule has 0 aromatic carbocycles. The van der Waals surface area contributed by atoms with E-state index in [2.05, 4.69) is 28.6 Å². The second kappa shape index (κ2) is 5.12. The molecular formula is C12H19N3. The molecule has 1 aromatic rings. The van der Waals surface area contributed by atoms with Crippen molar-refractivity contribution in [2.45, 2.75) is 32.2 Å². The number of nitrogens with one attached hydrogen (secondary N) is 2. The normalized spacial score (nSPS) is 22.1. The molecule has 1 unspecified atom stereocenters. The first-order chi connectivity index (χ1) is 7.34. The highest BCUT2D eigenvalue weighted by Gasteiger charge is 2.11. The fourth-order valence-electron chi connectivity index (χ4n) is 1.97. The van der Waals surface area contributed by atoms with Gasteiger partial charge in [0.25, 0.3) is 0 Å². The average molecular weight is 205 g/mol. The lowest BCUT2D eigenvalue weighted by molar-refractivity contribution is 0.634. The smallest absolute Gasteiger partial charge is 0.126 e. The largest absolute Gasteiger partial charge is 0.366 e. The lowest BCUT2D eigenvalue weighted by Crippen LogP contribution is -2.31. The Morgan fingerprint density at radius 3 is 3.27 bits per heavy atom. The highest BCUT2D eigenvalue weighted by atomic mass is 15.0. The Balaban J connectivity index is 1.95. The first-order valence-corrected chi connectivity index (χ1v) is 5.74. The number of pyridine rings is 1. The van der Waals surface area contributed by atoms with Crippen molar-refractivity contribution in [2.75, 3.05) is 18.4 Å². The molecule has 3 nitrogen and oxygen atoms in total. The Hall–Kier alpha value is -1.09. The molecule has 2 N–H and O–H groups in total. The van der Waals surface area contributed by atoms with Crippen LogP contribution in [0.1, 0.15) is 24.8 Å². The van der Waals surface area contributed by atoms with Crippen molar-refractivity contribution in [3.05, 3.63) is 23.9 Å². The predicted molar refractivity (Wildman–Crippen MR) is 63.1 cm³/mol. The number of hydrogen-bond donors (Lipinski definition) is 2. The zero-order valence-corrected chi connectivity index (χ0v) is 9.29. The summed E-state index contributed by atoms with van der Waals surface area (Å²) in [6, 6.07) is 4.66. The Bertz CT molecular complexity index is 303. The molecule has 2 rings (SSSR count). The van der Waals surface area contributed by atoms with Gasteiger partial charge in [0.15, 0.2) is 0 Å². The van der Waals surface area contributed by atoms with Crippen molar-refractivity contribution in [1.82, 2.24) is 10.3 Å². The third-order valence-corrected chi connectivity index (χ3v) is 2.81. The van der Waals surface area contributed by atoms with Gasteiger partial charge < -0.3 is 10.6 Å². The summed E-state index contributed by atoms with van der Waals surface area (Å²) in [4.78, 5) is 4.33. The Labute approximate surface area is 91.3 Å². The van der Waals surface area contributed by atoms with Crippen LogP contribution in [-0.2, 0) is 0 Å². The van der Waals surface area contributed by atoms with Crippen molar-refractivity contribution in [3.63, 3.8) is 0 Å². The van der Waals surface area contributed by atoms with Crippen molar-refractivity contribution < 1.29 is 0 Å². The fraction of sp³-hybridized carbons (Fsp3) is 0.583. The standard InChI is InChI=1S/C12H19N3/c1-10-5-7-14-12(8-10)15-11-4-2-3-6-13-9-11/h5,7-8,11,13H,2-4,6,9H2,1H3,(H,14,15). The molecule has 1 fully saturated rings. The zero-order chi connectivity index (χ0) is 10.5. The van der Waals surface area contributed by atoms with Crippen LogP contribution in [-0.4, -0.2) is 24.1 Å². The van der Waals surface area contributed by atoms with E-state index in [0.717, 1.165) is 18.9 Å². The lowest BCUT2D eigenvalue weighted by Gasteiger charge is -2.17. The summed E-state index contributed by atoms with van der Waals surface area (Å²) < 4.78 is 0. The SMILES string of the molecule is Cc1ccnc(NC2CCCCNC2)c1. The summed E-state index contributed by atoms with van der Waals surface area (Å²) in [5, 5.41) is 6.93. The van der Waals surface area contributed by atoms with Gasteiger partial charge in [-0.25, -0.2) is 4.98 Å². The Morgan fingerprint density at radius 1 is 1.47 bits per heavy atom. The van der Waals surface area contributed by atoms with E-state index in [1.807, 2.05) is 12.3 Å². The zero-order valence-electron chi connectivity index (χ0n) is 9.29. The number of rotatable bonds is 2. The van der Waals surface area contributed by atoms with Gasteiger partial charge in [-0.3, -0.25) is 0 Å². The predicted octanol–water partition coefficient (Wildman–Crippen LogP) is 1.94. The van der Waals surface area contributed by atoms with E-state index in [1.54, 1.807) is 0 Å². The van der Waals surface area contributed by atoms with Crippen LogP contribution < -0.4 is 10.6 Å². The van der Waals surface area contributed by atoms with E-state index in [-0.39, 0.29) is 0 Å². The summed E-state index contributed by atoms with van der Waals surface area (Å²) in [6.45, 7) is 4.30. The molecule has 1 aliphatic rings. The number of hydrogen-bond acceptors (Lipinski definition) is 3. The molecule has 1 aliphatic heterocycles. The summed E-state index contributed by atoms with van der Waals surface area (Å²) in [5.74, 6) is 1.00. The number of anilines is 1. The van der Waals surface area contributed by atoms with Crippen LogP contribution >= 0.6 is 0 Å². The molecular weight excluding hydrogens is 186 g/mol. The van der Waals surface area contributed by atoms with Crippen LogP contribution in [0.3, 0.4) is 0 Å². The molecule has 0 radical (unpaired) electrons. The minimum absolute atomic E-state index is 0.529. The summed E-state index contributed by atoms with van der Waals surface area (Å²) in [5.41, 5.74) is 1.26. The average Bonchev–Trinajstić information content (AvgIpc) is 2.46. The van der Waals surface area contributed by atoms with Gasteiger partial charge in [0.05, 0.1) is 0 Å². The molecule has 2 heterocycles. The van der Waals surface area contributed by atoms with Gasteiger partial charge in [0.1, 0.15) is 5.82 Å². The lowest BCUT2D eigenvalue weighted by atomic mass is 10.1. The summed E-state index contributed by atoms with van der Waals surface area (Å²) >= 11 is 0. The van der Waals surface area contributed by atoms with Crippen LogP contribution in [0.5, 0.6) is 0 Å². The van der Waals surface area contributed by atoms with Gasteiger partial charge in [-0.15, -0.1) is 0 Å². The molecule has 1 aromatic heterocycles. The third kappa shape index (κ3) is 3.20. The van der Waals surface area contributed by atoms with E-state index in [9.17, 15) is 0 Å². The van der Waals surface area contributed by atoms with E-state index in [0.29, 0.717) is 6.04 Å². The minimum Gasteiger partial charge on any atom is -0.366 e. The van der Waals surface area contributed by atoms with Crippen LogP contribution in [0.25, 0.3) is 0 Å². The van der Waals surface area contributed by atoms with Crippen LogP contribution in [0, 0.1) is 6.92 Å². The van der Waals surface area contributed by atoms with Crippen LogP contribution in [0.4, 0.5) is 5.82 Å². The maximum Gasteiger partial charge on any atom is 0.126 e. The molecule has 0 aliphatic carbocycles. The molecule has 15 heavy (non-hydrogen) atoms. The van der Waals surface area contributed by atoms with Gasteiger partial charge in [-0.2, -0.15) is 0 Å². The monoisotopic (exact) mass is 205 g/mol. The van der Waals surface area contributed by atoms with E-state index in [4.69, 9.17) is 0 Å². The number of aromatic nitrogens is 1. The third-order valence-electron chi connectivity index (χ3n) is 2.81. The maximum absolute atomic E-state index is 4.33. The summed E-state index contributed by atoms with van der Waals surface area (Å²) in [7, 11) is 0. The van der Waals surface area contributed by atoms with Crippen LogP contribution in [0.2, 0.25) is 0 Å². The van der Waals surface area contributed by atoms with Gasteiger partial charge >= 0.3 is 0 Å². The van der Waals surface area contributed by atoms with Gasteiger partial charge in [-0.05, 0) is 44.0 Å². The van der Waals surface area contributed by atoms with Crippen molar-refractivity contribution in [1.29, 1.82) is 0 Å². The van der Waals surface area contributed by atoms with Crippen molar-refractivity contribution >= 4 is 5.82 Å². The maximum atomic E-state index is 4.33. The van der Waals surface area contributed by atoms with E-state index >= 15 is 0 Å². The number of nitrogens with zero attached hydrogens (tertiary/aromatic N) is 1.